The number of hydrogen-bond donors (Lipinski definition) is 0. The van der Waals surface area contributed by atoms with Crippen LogP contribution in [0, 0.1) is 0 Å². The number of hydrogen-bond acceptors (Lipinski definition) is 4. The first kappa shape index (κ1) is 31.9. The highest BCUT2D eigenvalue weighted by molar-refractivity contribution is 7.26. The monoisotopic (exact) mass is 724 g/mol. The van der Waals surface area contributed by atoms with Gasteiger partial charge in [-0.05, 0) is 107 Å². The third kappa shape index (κ3) is 4.95. The predicted molar refractivity (Wildman–Crippen MR) is 234 cm³/mol. The van der Waals surface area contributed by atoms with E-state index in [9.17, 15) is 0 Å². The molecule has 0 unspecified atom stereocenters. The summed E-state index contributed by atoms with van der Waals surface area (Å²) in [5.74, 6) is 0. The summed E-state index contributed by atoms with van der Waals surface area (Å²) in [5, 5.41) is 4.73. The zero-order valence-corrected chi connectivity index (χ0v) is 31.3. The molecule has 1 aliphatic carbocycles. The van der Waals surface area contributed by atoms with Crippen molar-refractivity contribution in [2.45, 2.75) is 19.3 Å². The Morgan fingerprint density at radius 2 is 1.05 bits per heavy atom. The molecular weight excluding hydrogens is 689 g/mol. The number of furan rings is 1. The molecule has 0 radical (unpaired) electrons. The smallest absolute Gasteiger partial charge is 0.137 e. The lowest BCUT2D eigenvalue weighted by molar-refractivity contribution is 0.660. The largest absolute Gasteiger partial charge is 0.456 e. The molecule has 8 aromatic carbocycles. The molecule has 0 bridgehead atoms. The fraction of sp³-hybridized carbons (Fsp3) is 0.0588. The van der Waals surface area contributed by atoms with Crippen LogP contribution in [-0.4, -0.2) is 0 Å². The third-order valence-corrected chi connectivity index (χ3v) is 12.6. The van der Waals surface area contributed by atoms with Crippen molar-refractivity contribution in [2.24, 2.45) is 0 Å². The van der Waals surface area contributed by atoms with Gasteiger partial charge in [-0.15, -0.1) is 11.3 Å². The van der Waals surface area contributed by atoms with Gasteiger partial charge in [0.1, 0.15) is 11.2 Å². The molecule has 0 atom stereocenters. The van der Waals surface area contributed by atoms with Crippen molar-refractivity contribution in [1.29, 1.82) is 0 Å². The topological polar surface area (TPSA) is 19.6 Å². The summed E-state index contributed by atoms with van der Waals surface area (Å²) in [6.07, 6.45) is 0. The molecule has 0 amide bonds. The summed E-state index contributed by atoms with van der Waals surface area (Å²) in [4.78, 5) is 4.79. The zero-order valence-electron chi connectivity index (χ0n) is 30.5. The summed E-state index contributed by atoms with van der Waals surface area (Å²) in [6, 6.07) is 65.9. The molecule has 55 heavy (non-hydrogen) atoms. The van der Waals surface area contributed by atoms with E-state index in [1.807, 2.05) is 23.5 Å². The van der Waals surface area contributed by atoms with Crippen molar-refractivity contribution >= 4 is 87.6 Å². The van der Waals surface area contributed by atoms with Crippen LogP contribution in [0.25, 0.3) is 53.2 Å². The van der Waals surface area contributed by atoms with Gasteiger partial charge in [0.2, 0.25) is 0 Å². The van der Waals surface area contributed by atoms with Crippen LogP contribution in [0.1, 0.15) is 25.0 Å². The van der Waals surface area contributed by atoms with Crippen LogP contribution in [0.3, 0.4) is 0 Å². The van der Waals surface area contributed by atoms with Crippen LogP contribution < -0.4 is 9.80 Å². The maximum absolute atomic E-state index is 6.48. The quantitative estimate of drug-likeness (QED) is 0.170. The molecule has 0 aliphatic heterocycles. The lowest BCUT2D eigenvalue weighted by Gasteiger charge is -2.28. The number of fused-ring (bicyclic) bond motifs is 9. The van der Waals surface area contributed by atoms with E-state index in [0.29, 0.717) is 0 Å². The van der Waals surface area contributed by atoms with Crippen LogP contribution in [0.4, 0.5) is 34.1 Å². The second kappa shape index (κ2) is 12.2. The van der Waals surface area contributed by atoms with E-state index in [4.69, 9.17) is 4.42 Å². The summed E-state index contributed by atoms with van der Waals surface area (Å²) in [6.45, 7) is 4.70. The van der Waals surface area contributed by atoms with Crippen LogP contribution in [0.2, 0.25) is 0 Å². The van der Waals surface area contributed by atoms with E-state index < -0.39 is 0 Å². The average molecular weight is 725 g/mol. The maximum atomic E-state index is 6.48. The summed E-state index contributed by atoms with van der Waals surface area (Å²) in [7, 11) is 0. The minimum absolute atomic E-state index is 0.128. The summed E-state index contributed by atoms with van der Waals surface area (Å²) in [5.41, 5.74) is 13.7. The first-order valence-corrected chi connectivity index (χ1v) is 19.7. The van der Waals surface area contributed by atoms with E-state index in [2.05, 4.69) is 194 Å². The Kier molecular flexibility index (Phi) is 7.07. The van der Waals surface area contributed by atoms with Gasteiger partial charge in [-0.2, -0.15) is 0 Å². The number of thiophene rings is 1. The molecule has 1 aliphatic rings. The molecular formula is C51H36N2OS. The molecule has 2 aromatic heterocycles. The van der Waals surface area contributed by atoms with Gasteiger partial charge in [0.15, 0.2) is 0 Å². The fourth-order valence-electron chi connectivity index (χ4n) is 8.84. The van der Waals surface area contributed by atoms with Crippen molar-refractivity contribution in [3.63, 3.8) is 0 Å². The standard InChI is InChI=1S/C51H36N2OS/c1-51(2)43-20-11-9-18-38(43)39-27-24-36(31-44(39)51)52(37-25-28-41-40-19-10-12-22-46(40)54-47(41)32-37)35-26-29-48-42(30-35)50-45(21-13-23-49(50)55-48)53(33-14-5-3-6-15-33)34-16-7-4-8-17-34/h3-32H,1-2H3. The minimum atomic E-state index is -0.128. The molecule has 4 heteroatoms. The maximum Gasteiger partial charge on any atom is 0.137 e. The third-order valence-electron chi connectivity index (χ3n) is 11.4. The Morgan fingerprint density at radius 3 is 1.87 bits per heavy atom. The van der Waals surface area contributed by atoms with Crippen LogP contribution in [-0.2, 0) is 5.41 Å². The number of rotatable bonds is 6. The Balaban J connectivity index is 1.14. The molecule has 0 fully saturated rings. The van der Waals surface area contributed by atoms with Crippen molar-refractivity contribution < 1.29 is 4.42 Å². The number of benzene rings is 8. The molecule has 2 heterocycles. The summed E-state index contributed by atoms with van der Waals surface area (Å²) < 4.78 is 8.99. The van der Waals surface area contributed by atoms with Crippen LogP contribution in [0.5, 0.6) is 0 Å². The van der Waals surface area contributed by atoms with Gasteiger partial charge in [-0.3, -0.25) is 0 Å². The SMILES string of the molecule is CC1(C)c2ccccc2-c2ccc(N(c3ccc4c(c3)oc3ccccc34)c3ccc4sc5cccc(N(c6ccccc6)c6ccccc6)c5c4c3)cc21. The van der Waals surface area contributed by atoms with E-state index in [1.165, 1.54) is 42.4 Å². The predicted octanol–water partition coefficient (Wildman–Crippen LogP) is 15.2. The first-order valence-electron chi connectivity index (χ1n) is 18.8. The normalized spacial score (nSPS) is 13.1. The second-order valence-corrected chi connectivity index (χ2v) is 16.0. The average Bonchev–Trinajstić information content (AvgIpc) is 3.86. The molecule has 11 rings (SSSR count). The molecule has 10 aromatic rings. The van der Waals surface area contributed by atoms with Crippen LogP contribution in [0.15, 0.2) is 186 Å². The lowest BCUT2D eigenvalue weighted by atomic mass is 9.82. The van der Waals surface area contributed by atoms with Gasteiger partial charge in [0.05, 0.1) is 5.69 Å². The second-order valence-electron chi connectivity index (χ2n) is 15.0. The van der Waals surface area contributed by atoms with Gasteiger partial charge in [-0.25, -0.2) is 0 Å². The Morgan fingerprint density at radius 1 is 0.418 bits per heavy atom. The van der Waals surface area contributed by atoms with Crippen molar-refractivity contribution in [2.75, 3.05) is 9.80 Å². The lowest BCUT2D eigenvalue weighted by Crippen LogP contribution is -2.16. The van der Waals surface area contributed by atoms with Crippen molar-refractivity contribution in [1.82, 2.24) is 0 Å². The summed E-state index contributed by atoms with van der Waals surface area (Å²) >= 11 is 1.85. The number of para-hydroxylation sites is 3. The highest BCUT2D eigenvalue weighted by atomic mass is 32.1. The Labute approximate surface area is 323 Å². The molecule has 0 saturated heterocycles. The first-order chi connectivity index (χ1) is 27.0. The fourth-order valence-corrected chi connectivity index (χ4v) is 9.94. The van der Waals surface area contributed by atoms with Crippen molar-refractivity contribution in [3.8, 4) is 11.1 Å². The van der Waals surface area contributed by atoms with E-state index >= 15 is 0 Å². The van der Waals surface area contributed by atoms with Gasteiger partial charge >= 0.3 is 0 Å². The van der Waals surface area contributed by atoms with E-state index in [0.717, 1.165) is 56.1 Å². The van der Waals surface area contributed by atoms with Gasteiger partial charge in [-0.1, -0.05) is 105 Å². The number of nitrogens with zero attached hydrogens (tertiary/aromatic N) is 2. The Bertz CT molecular complexity index is 3050. The number of anilines is 6. The van der Waals surface area contributed by atoms with Gasteiger partial charge in [0, 0.05) is 70.9 Å². The molecule has 0 N–H and O–H groups in total. The highest BCUT2D eigenvalue weighted by Crippen LogP contribution is 2.52. The Hall–Kier alpha value is -6.62. The zero-order chi connectivity index (χ0) is 36.7. The molecule has 0 saturated carbocycles. The van der Waals surface area contributed by atoms with Crippen molar-refractivity contribution in [3.05, 3.63) is 193 Å². The van der Waals surface area contributed by atoms with Gasteiger partial charge in [0.25, 0.3) is 0 Å². The van der Waals surface area contributed by atoms with E-state index in [-0.39, 0.29) is 5.41 Å². The molecule has 262 valence electrons. The van der Waals surface area contributed by atoms with E-state index in [1.54, 1.807) is 0 Å². The molecule has 0 spiro atoms. The highest BCUT2D eigenvalue weighted by Gasteiger charge is 2.36. The van der Waals surface area contributed by atoms with Crippen LogP contribution >= 0.6 is 11.3 Å². The molecule has 3 nitrogen and oxygen atoms in total. The minimum Gasteiger partial charge on any atom is -0.456 e. The van der Waals surface area contributed by atoms with Gasteiger partial charge < -0.3 is 14.2 Å².